The summed E-state index contributed by atoms with van der Waals surface area (Å²) in [4.78, 5) is 4.55. The van der Waals surface area contributed by atoms with Crippen molar-refractivity contribution in [2.75, 3.05) is 0 Å². The minimum absolute atomic E-state index is 1.06. The molecule has 3 rings (SSSR count). The van der Waals surface area contributed by atoms with E-state index in [2.05, 4.69) is 40.4 Å². The fraction of sp³-hybridized carbons (Fsp3) is 0.308. The molecule has 0 spiro atoms. The molecule has 1 aromatic rings. The molecule has 1 heterocycles. The average molecular weight is 264 g/mol. The van der Waals surface area contributed by atoms with E-state index in [0.29, 0.717) is 0 Å². The molecule has 1 aliphatic carbocycles. The third-order valence-electron chi connectivity index (χ3n) is 3.03. The Morgan fingerprint density at radius 1 is 1.13 bits per heavy atom. The van der Waals surface area contributed by atoms with Gasteiger partial charge in [-0.15, -0.1) is 0 Å². The standard InChI is InChI=1S/C13H15NSe/c1-2-6-11(7-3-1)15-10-14-12-8-4-5-9-13(12)15/h4-6,8-10,15H,1-3,7H2. The first kappa shape index (κ1) is 9.38. The third-order valence-corrected chi connectivity index (χ3v) is 7.79. The van der Waals surface area contributed by atoms with E-state index in [1.165, 1.54) is 35.8 Å². The van der Waals surface area contributed by atoms with Crippen molar-refractivity contribution in [3.63, 3.8) is 0 Å². The van der Waals surface area contributed by atoms with Crippen LogP contribution in [0.2, 0.25) is 0 Å². The number of rotatable bonds is 1. The van der Waals surface area contributed by atoms with Gasteiger partial charge in [-0.1, -0.05) is 0 Å². The van der Waals surface area contributed by atoms with Crippen LogP contribution >= 0.6 is 0 Å². The van der Waals surface area contributed by atoms with E-state index in [0.717, 1.165) is 0 Å². The van der Waals surface area contributed by atoms with Crippen molar-refractivity contribution in [1.29, 1.82) is 0 Å². The van der Waals surface area contributed by atoms with Gasteiger partial charge in [-0.25, -0.2) is 0 Å². The van der Waals surface area contributed by atoms with Gasteiger partial charge >= 0.3 is 94.7 Å². The van der Waals surface area contributed by atoms with Crippen LogP contribution in [-0.2, 0) is 0 Å². The predicted molar refractivity (Wildman–Crippen MR) is 67.9 cm³/mol. The molecule has 0 aromatic heterocycles. The van der Waals surface area contributed by atoms with Crippen LogP contribution in [0.3, 0.4) is 0 Å². The second-order valence-electron chi connectivity index (χ2n) is 4.04. The average Bonchev–Trinajstić information content (AvgIpc) is 2.74. The Labute approximate surface area is 94.8 Å². The number of benzene rings is 1. The summed E-state index contributed by atoms with van der Waals surface area (Å²) in [6, 6.07) is 8.66. The van der Waals surface area contributed by atoms with Crippen LogP contribution in [0.5, 0.6) is 0 Å². The molecule has 0 radical (unpaired) electrons. The first-order valence-corrected chi connectivity index (χ1v) is 8.53. The van der Waals surface area contributed by atoms with E-state index < -0.39 is 13.9 Å². The molecule has 78 valence electrons. The number of para-hydroxylation sites is 1. The molecule has 1 nitrogen and oxygen atoms in total. The Balaban J connectivity index is 1.96. The molecule has 0 bridgehead atoms. The molecule has 15 heavy (non-hydrogen) atoms. The molecule has 2 aliphatic rings. The number of hydrogen-bond acceptors (Lipinski definition) is 1. The van der Waals surface area contributed by atoms with Gasteiger partial charge < -0.3 is 0 Å². The molecule has 1 aliphatic heterocycles. The SMILES string of the molecule is C1=Nc2ccccc2[SeH]1C1=CCCCC1. The summed E-state index contributed by atoms with van der Waals surface area (Å²) in [6.07, 6.45) is 7.85. The fourth-order valence-corrected chi connectivity index (χ4v) is 6.79. The monoisotopic (exact) mass is 265 g/mol. The van der Waals surface area contributed by atoms with Gasteiger partial charge in [0.05, 0.1) is 0 Å². The van der Waals surface area contributed by atoms with E-state index >= 15 is 0 Å². The molecule has 0 fully saturated rings. The Bertz CT molecular complexity index is 434. The van der Waals surface area contributed by atoms with Crippen molar-refractivity contribution in [3.05, 3.63) is 34.8 Å². The topological polar surface area (TPSA) is 12.4 Å². The minimum atomic E-state index is -1.06. The number of fused-ring (bicyclic) bond motifs is 1. The van der Waals surface area contributed by atoms with Gasteiger partial charge in [0.15, 0.2) is 0 Å². The van der Waals surface area contributed by atoms with Gasteiger partial charge in [0.1, 0.15) is 0 Å². The van der Waals surface area contributed by atoms with Gasteiger partial charge in [0.25, 0.3) is 0 Å². The summed E-state index contributed by atoms with van der Waals surface area (Å²) in [7, 11) is 0. The van der Waals surface area contributed by atoms with E-state index in [1.54, 1.807) is 4.47 Å². The normalized spacial score (nSPS) is 26.1. The van der Waals surface area contributed by atoms with Crippen LogP contribution in [0.15, 0.2) is 39.8 Å². The fourth-order valence-electron chi connectivity index (χ4n) is 2.23. The zero-order valence-corrected chi connectivity index (χ0v) is 10.6. The van der Waals surface area contributed by atoms with Gasteiger partial charge in [-0.2, -0.15) is 0 Å². The van der Waals surface area contributed by atoms with E-state index in [-0.39, 0.29) is 0 Å². The summed E-state index contributed by atoms with van der Waals surface area (Å²) < 4.78 is 3.26. The summed E-state index contributed by atoms with van der Waals surface area (Å²) in [5, 5.41) is 2.26. The molecule has 0 saturated heterocycles. The zero-order chi connectivity index (χ0) is 10.1. The van der Waals surface area contributed by atoms with Crippen molar-refractivity contribution in [3.8, 4) is 0 Å². The number of aliphatic imine (C=N–C) groups is 1. The maximum atomic E-state index is 4.55. The second kappa shape index (κ2) is 3.96. The van der Waals surface area contributed by atoms with E-state index in [4.69, 9.17) is 0 Å². The predicted octanol–water partition coefficient (Wildman–Crippen LogP) is 2.42. The Hall–Kier alpha value is -0.851. The van der Waals surface area contributed by atoms with Crippen molar-refractivity contribution < 1.29 is 0 Å². The van der Waals surface area contributed by atoms with Crippen molar-refractivity contribution in [2.45, 2.75) is 25.7 Å². The first-order chi connectivity index (χ1) is 7.45. The van der Waals surface area contributed by atoms with Crippen LogP contribution in [0.4, 0.5) is 5.69 Å². The molecule has 0 amide bonds. The van der Waals surface area contributed by atoms with Crippen LogP contribution in [0.1, 0.15) is 25.7 Å². The Morgan fingerprint density at radius 3 is 2.93 bits per heavy atom. The summed E-state index contributed by atoms with van der Waals surface area (Å²) >= 11 is -1.06. The number of hydrogen-bond donors (Lipinski definition) is 0. The molecular formula is C13H15NSe. The molecule has 0 saturated carbocycles. The van der Waals surface area contributed by atoms with Crippen LogP contribution < -0.4 is 4.46 Å². The zero-order valence-electron chi connectivity index (χ0n) is 8.69. The quantitative estimate of drug-likeness (QED) is 0.691. The van der Waals surface area contributed by atoms with Crippen LogP contribution in [0, 0.1) is 0 Å². The summed E-state index contributed by atoms with van der Waals surface area (Å²) in [5.41, 5.74) is 1.23. The first-order valence-electron chi connectivity index (χ1n) is 5.57. The molecule has 2 heteroatoms. The van der Waals surface area contributed by atoms with Crippen molar-refractivity contribution >= 4 is 29.2 Å². The third kappa shape index (κ3) is 1.68. The molecule has 1 atom stereocenters. The molecule has 1 aromatic carbocycles. The van der Waals surface area contributed by atoms with E-state index in [1.807, 2.05) is 0 Å². The van der Waals surface area contributed by atoms with Crippen molar-refractivity contribution in [1.82, 2.24) is 0 Å². The Morgan fingerprint density at radius 2 is 2.07 bits per heavy atom. The van der Waals surface area contributed by atoms with Gasteiger partial charge in [0.2, 0.25) is 0 Å². The van der Waals surface area contributed by atoms with Gasteiger partial charge in [-0.3, -0.25) is 0 Å². The number of nitrogens with zero attached hydrogens (tertiary/aromatic N) is 1. The van der Waals surface area contributed by atoms with Gasteiger partial charge in [0, 0.05) is 0 Å². The molecule has 1 unspecified atom stereocenters. The summed E-state index contributed by atoms with van der Waals surface area (Å²) in [6.45, 7) is 0. The van der Waals surface area contributed by atoms with Gasteiger partial charge in [-0.05, 0) is 0 Å². The maximum absolute atomic E-state index is 4.55. The molecule has 0 N–H and O–H groups in total. The molecular weight excluding hydrogens is 249 g/mol. The second-order valence-corrected chi connectivity index (χ2v) is 8.30. The Kier molecular flexibility index (Phi) is 2.47. The van der Waals surface area contributed by atoms with Crippen LogP contribution in [-0.4, -0.2) is 19.0 Å². The van der Waals surface area contributed by atoms with Crippen molar-refractivity contribution in [2.24, 2.45) is 4.99 Å². The van der Waals surface area contributed by atoms with Crippen LogP contribution in [0.25, 0.3) is 0 Å². The summed E-state index contributed by atoms with van der Waals surface area (Å²) in [5.74, 6) is 0. The number of allylic oxidation sites excluding steroid dienone is 2. The van der Waals surface area contributed by atoms with E-state index in [9.17, 15) is 0 Å².